The van der Waals surface area contributed by atoms with Crippen molar-refractivity contribution < 1.29 is 4.74 Å². The lowest BCUT2D eigenvalue weighted by Gasteiger charge is -2.15. The maximum atomic E-state index is 5.14. The van der Waals surface area contributed by atoms with Crippen molar-refractivity contribution in [2.45, 2.75) is 25.8 Å². The van der Waals surface area contributed by atoms with Crippen molar-refractivity contribution in [3.05, 3.63) is 35.9 Å². The minimum Gasteiger partial charge on any atom is -0.383 e. The van der Waals surface area contributed by atoms with Crippen LogP contribution in [0.4, 0.5) is 0 Å². The molecule has 0 amide bonds. The highest BCUT2D eigenvalue weighted by Crippen LogP contribution is 1.99. The molecule has 1 N–H and O–H groups in total. The summed E-state index contributed by atoms with van der Waals surface area (Å²) >= 11 is 0. The van der Waals surface area contributed by atoms with Crippen LogP contribution in [0.15, 0.2) is 30.3 Å². The molecule has 2 nitrogen and oxygen atoms in total. The average Bonchev–Trinajstić information content (AvgIpc) is 2.29. The fourth-order valence-electron chi connectivity index (χ4n) is 1.59. The van der Waals surface area contributed by atoms with E-state index in [1.165, 1.54) is 5.56 Å². The topological polar surface area (TPSA) is 21.3 Å². The molecule has 1 aromatic carbocycles. The third-order valence-electron chi connectivity index (χ3n) is 2.55. The van der Waals surface area contributed by atoms with Crippen LogP contribution in [-0.2, 0) is 11.2 Å². The summed E-state index contributed by atoms with van der Waals surface area (Å²) in [5, 5.41) is 3.49. The van der Waals surface area contributed by atoms with Crippen LogP contribution in [0.2, 0.25) is 0 Å². The maximum absolute atomic E-state index is 5.14. The summed E-state index contributed by atoms with van der Waals surface area (Å²) in [4.78, 5) is 0. The predicted molar refractivity (Wildman–Crippen MR) is 64.1 cm³/mol. The molecule has 1 unspecified atom stereocenters. The van der Waals surface area contributed by atoms with Gasteiger partial charge in [-0.15, -0.1) is 0 Å². The Hall–Kier alpha value is -0.860. The second kappa shape index (κ2) is 7.43. The zero-order valence-corrected chi connectivity index (χ0v) is 9.70. The molecule has 0 radical (unpaired) electrons. The zero-order valence-electron chi connectivity index (χ0n) is 9.70. The standard InChI is InChI=1S/C13H21NO/c1-3-13(11-15-2)14-10-9-12-7-5-4-6-8-12/h4-8,13-14H,3,9-11H2,1-2H3. The lowest BCUT2D eigenvalue weighted by molar-refractivity contribution is 0.165. The Morgan fingerprint density at radius 1 is 1.27 bits per heavy atom. The fraction of sp³-hybridized carbons (Fsp3) is 0.538. The molecule has 0 aliphatic heterocycles. The summed E-state index contributed by atoms with van der Waals surface area (Å²) in [6.45, 7) is 4.00. The van der Waals surface area contributed by atoms with Crippen molar-refractivity contribution in [2.75, 3.05) is 20.3 Å². The smallest absolute Gasteiger partial charge is 0.0615 e. The van der Waals surface area contributed by atoms with Gasteiger partial charge in [-0.1, -0.05) is 37.3 Å². The largest absolute Gasteiger partial charge is 0.383 e. The number of methoxy groups -OCH3 is 1. The highest BCUT2D eigenvalue weighted by molar-refractivity contribution is 5.14. The molecule has 0 aliphatic carbocycles. The Morgan fingerprint density at radius 3 is 2.60 bits per heavy atom. The fourth-order valence-corrected chi connectivity index (χ4v) is 1.59. The number of nitrogens with one attached hydrogen (secondary N) is 1. The maximum Gasteiger partial charge on any atom is 0.0615 e. The first-order valence-electron chi connectivity index (χ1n) is 5.63. The molecule has 0 saturated heterocycles. The highest BCUT2D eigenvalue weighted by atomic mass is 16.5. The van der Waals surface area contributed by atoms with Crippen LogP contribution in [0.25, 0.3) is 0 Å². The number of hydrogen-bond acceptors (Lipinski definition) is 2. The summed E-state index contributed by atoms with van der Waals surface area (Å²) in [5.41, 5.74) is 1.39. The summed E-state index contributed by atoms with van der Waals surface area (Å²) in [7, 11) is 1.75. The van der Waals surface area contributed by atoms with E-state index in [9.17, 15) is 0 Å². The molecular formula is C13H21NO. The Kier molecular flexibility index (Phi) is 6.05. The van der Waals surface area contributed by atoms with Crippen LogP contribution in [-0.4, -0.2) is 26.3 Å². The highest BCUT2D eigenvalue weighted by Gasteiger charge is 2.03. The lowest BCUT2D eigenvalue weighted by atomic mass is 10.1. The van der Waals surface area contributed by atoms with E-state index in [1.54, 1.807) is 7.11 Å². The Labute approximate surface area is 92.6 Å². The lowest BCUT2D eigenvalue weighted by Crippen LogP contribution is -2.33. The zero-order chi connectivity index (χ0) is 10.9. The molecule has 2 heteroatoms. The Balaban J connectivity index is 2.20. The van der Waals surface area contributed by atoms with Crippen LogP contribution in [0, 0.1) is 0 Å². The van der Waals surface area contributed by atoms with E-state index >= 15 is 0 Å². The first kappa shape index (κ1) is 12.2. The summed E-state index contributed by atoms with van der Waals surface area (Å²) in [6.07, 6.45) is 2.20. The van der Waals surface area contributed by atoms with E-state index in [-0.39, 0.29) is 0 Å². The van der Waals surface area contributed by atoms with Gasteiger partial charge in [0.15, 0.2) is 0 Å². The van der Waals surface area contributed by atoms with E-state index in [4.69, 9.17) is 4.74 Å². The summed E-state index contributed by atoms with van der Waals surface area (Å²) < 4.78 is 5.14. The van der Waals surface area contributed by atoms with E-state index in [0.29, 0.717) is 6.04 Å². The molecule has 0 spiro atoms. The van der Waals surface area contributed by atoms with E-state index in [2.05, 4.69) is 42.6 Å². The normalized spacial score (nSPS) is 12.7. The minimum atomic E-state index is 0.485. The third-order valence-corrected chi connectivity index (χ3v) is 2.55. The van der Waals surface area contributed by atoms with E-state index in [1.807, 2.05) is 0 Å². The second-order valence-corrected chi connectivity index (χ2v) is 3.75. The molecule has 1 atom stereocenters. The molecule has 0 fully saturated rings. The van der Waals surface area contributed by atoms with Gasteiger partial charge in [0.05, 0.1) is 6.61 Å². The summed E-state index contributed by atoms with van der Waals surface area (Å²) in [5.74, 6) is 0. The second-order valence-electron chi connectivity index (χ2n) is 3.75. The van der Waals surface area contributed by atoms with Gasteiger partial charge in [-0.05, 0) is 24.9 Å². The molecule has 0 aliphatic rings. The van der Waals surface area contributed by atoms with Gasteiger partial charge < -0.3 is 10.1 Å². The molecule has 84 valence electrons. The van der Waals surface area contributed by atoms with Crippen molar-refractivity contribution in [3.8, 4) is 0 Å². The SMILES string of the molecule is CCC(COC)NCCc1ccccc1. The average molecular weight is 207 g/mol. The van der Waals surface area contributed by atoms with Gasteiger partial charge in [-0.3, -0.25) is 0 Å². The number of rotatable bonds is 7. The van der Waals surface area contributed by atoms with Crippen LogP contribution in [0.5, 0.6) is 0 Å². The van der Waals surface area contributed by atoms with Gasteiger partial charge in [0.25, 0.3) is 0 Å². The number of hydrogen-bond donors (Lipinski definition) is 1. The van der Waals surface area contributed by atoms with Crippen LogP contribution >= 0.6 is 0 Å². The molecule has 0 bridgehead atoms. The van der Waals surface area contributed by atoms with E-state index in [0.717, 1.165) is 26.0 Å². The van der Waals surface area contributed by atoms with Crippen LogP contribution < -0.4 is 5.32 Å². The summed E-state index contributed by atoms with van der Waals surface area (Å²) in [6, 6.07) is 11.0. The Morgan fingerprint density at radius 2 is 2.00 bits per heavy atom. The van der Waals surface area contributed by atoms with Crippen molar-refractivity contribution in [1.29, 1.82) is 0 Å². The molecule has 1 aromatic rings. The van der Waals surface area contributed by atoms with Gasteiger partial charge in [-0.2, -0.15) is 0 Å². The van der Waals surface area contributed by atoms with Gasteiger partial charge in [0, 0.05) is 13.2 Å². The van der Waals surface area contributed by atoms with Crippen molar-refractivity contribution >= 4 is 0 Å². The monoisotopic (exact) mass is 207 g/mol. The molecule has 1 rings (SSSR count). The van der Waals surface area contributed by atoms with Crippen LogP contribution in [0.1, 0.15) is 18.9 Å². The molecule has 0 aromatic heterocycles. The van der Waals surface area contributed by atoms with Crippen molar-refractivity contribution in [2.24, 2.45) is 0 Å². The number of benzene rings is 1. The van der Waals surface area contributed by atoms with E-state index < -0.39 is 0 Å². The minimum absolute atomic E-state index is 0.485. The molecule has 0 heterocycles. The van der Waals surface area contributed by atoms with Gasteiger partial charge >= 0.3 is 0 Å². The quantitative estimate of drug-likeness (QED) is 0.740. The van der Waals surface area contributed by atoms with Gasteiger partial charge in [0.1, 0.15) is 0 Å². The van der Waals surface area contributed by atoms with Crippen LogP contribution in [0.3, 0.4) is 0 Å². The third kappa shape index (κ3) is 4.96. The first-order valence-corrected chi connectivity index (χ1v) is 5.63. The van der Waals surface area contributed by atoms with Crippen molar-refractivity contribution in [1.82, 2.24) is 5.32 Å². The number of ether oxygens (including phenoxy) is 1. The first-order chi connectivity index (χ1) is 7.36. The molecule has 0 saturated carbocycles. The van der Waals surface area contributed by atoms with Gasteiger partial charge in [0.2, 0.25) is 0 Å². The van der Waals surface area contributed by atoms with Gasteiger partial charge in [-0.25, -0.2) is 0 Å². The van der Waals surface area contributed by atoms with Crippen molar-refractivity contribution in [3.63, 3.8) is 0 Å². The molecular weight excluding hydrogens is 186 g/mol. The Bertz CT molecular complexity index is 248. The predicted octanol–water partition coefficient (Wildman–Crippen LogP) is 2.24. The molecule has 15 heavy (non-hydrogen) atoms.